The Labute approximate surface area is 144 Å². The van der Waals surface area contributed by atoms with Gasteiger partial charge in [0.1, 0.15) is 0 Å². The minimum absolute atomic E-state index is 0.0144. The summed E-state index contributed by atoms with van der Waals surface area (Å²) in [7, 11) is 0. The van der Waals surface area contributed by atoms with E-state index < -0.39 is 0 Å². The van der Waals surface area contributed by atoms with Gasteiger partial charge in [-0.25, -0.2) is 5.01 Å². The van der Waals surface area contributed by atoms with Crippen molar-refractivity contribution in [1.29, 1.82) is 0 Å². The van der Waals surface area contributed by atoms with E-state index >= 15 is 0 Å². The molecule has 1 amide bonds. The second kappa shape index (κ2) is 6.96. The van der Waals surface area contributed by atoms with Crippen molar-refractivity contribution in [2.45, 2.75) is 38.1 Å². The van der Waals surface area contributed by atoms with Gasteiger partial charge >= 0.3 is 0 Å². The zero-order valence-electron chi connectivity index (χ0n) is 12.4. The van der Waals surface area contributed by atoms with Gasteiger partial charge in [-0.1, -0.05) is 28.8 Å². The Morgan fingerprint density at radius 1 is 1.09 bits per heavy atom. The Morgan fingerprint density at radius 3 is 2.41 bits per heavy atom. The number of carbonyl (C=O) groups is 1. The number of nitrogens with zero attached hydrogens (tertiary/aromatic N) is 2. The Bertz CT molecular complexity index is 557. The fourth-order valence-electron chi connectivity index (χ4n) is 3.09. The largest absolute Gasteiger partial charge is 0.358 e. The molecule has 0 bridgehead atoms. The van der Waals surface area contributed by atoms with E-state index in [0.717, 1.165) is 24.0 Å². The number of nitrogens with one attached hydrogen (secondary N) is 1. The lowest BCUT2D eigenvalue weighted by Gasteiger charge is -2.31. The van der Waals surface area contributed by atoms with Crippen LogP contribution in [0.3, 0.4) is 0 Å². The van der Waals surface area contributed by atoms with Crippen molar-refractivity contribution < 1.29 is 4.79 Å². The molecule has 1 heterocycles. The number of hydrazine groups is 1. The first-order valence-corrected chi connectivity index (χ1v) is 9.00. The molecule has 22 heavy (non-hydrogen) atoms. The summed E-state index contributed by atoms with van der Waals surface area (Å²) < 4.78 is 0.973. The van der Waals surface area contributed by atoms with E-state index in [-0.39, 0.29) is 5.91 Å². The second-order valence-electron chi connectivity index (χ2n) is 5.84. The molecular weight excluding hydrogens is 362 g/mol. The number of amides is 1. The predicted molar refractivity (Wildman–Crippen MR) is 94.5 cm³/mol. The second-order valence-corrected chi connectivity index (χ2v) is 7.15. The van der Waals surface area contributed by atoms with Crippen molar-refractivity contribution in [3.05, 3.63) is 34.3 Å². The summed E-state index contributed by atoms with van der Waals surface area (Å²) in [6.07, 6.45) is 5.83. The average Bonchev–Trinajstić information content (AvgIpc) is 3.18. The van der Waals surface area contributed by atoms with Gasteiger partial charge in [-0.2, -0.15) is 0 Å². The van der Waals surface area contributed by atoms with Gasteiger partial charge in [0.05, 0.1) is 0 Å². The topological polar surface area (TPSA) is 35.6 Å². The third-order valence-corrected chi connectivity index (χ3v) is 5.13. The SMILES string of the molecule is O=C(c1ccc(Br)cc1)N1CCCN1C(=S)NC1CCCC1. The molecular formula is C16H20BrN3OS. The lowest BCUT2D eigenvalue weighted by atomic mass is 10.2. The van der Waals surface area contributed by atoms with Gasteiger partial charge in [-0.05, 0) is 55.7 Å². The quantitative estimate of drug-likeness (QED) is 0.796. The Kier molecular flexibility index (Phi) is 4.98. The van der Waals surface area contributed by atoms with Crippen LogP contribution in [0.5, 0.6) is 0 Å². The van der Waals surface area contributed by atoms with Gasteiger partial charge in [-0.15, -0.1) is 0 Å². The van der Waals surface area contributed by atoms with Crippen molar-refractivity contribution in [1.82, 2.24) is 15.3 Å². The molecule has 0 aromatic heterocycles. The van der Waals surface area contributed by atoms with Crippen LogP contribution in [0.2, 0.25) is 0 Å². The summed E-state index contributed by atoms with van der Waals surface area (Å²) in [6, 6.07) is 7.94. The van der Waals surface area contributed by atoms with Gasteiger partial charge in [0.15, 0.2) is 5.11 Å². The van der Waals surface area contributed by atoms with Gasteiger partial charge in [-0.3, -0.25) is 9.80 Å². The molecule has 0 radical (unpaired) electrons. The number of carbonyl (C=O) groups excluding carboxylic acids is 1. The van der Waals surface area contributed by atoms with Gasteiger partial charge in [0, 0.05) is 29.2 Å². The molecule has 0 unspecified atom stereocenters. The Morgan fingerprint density at radius 2 is 1.73 bits per heavy atom. The number of halogens is 1. The summed E-state index contributed by atoms with van der Waals surface area (Å²) in [4.78, 5) is 12.7. The van der Waals surface area contributed by atoms with E-state index in [9.17, 15) is 4.79 Å². The van der Waals surface area contributed by atoms with Crippen molar-refractivity contribution in [3.63, 3.8) is 0 Å². The molecule has 1 saturated heterocycles. The van der Waals surface area contributed by atoms with E-state index in [0.29, 0.717) is 16.7 Å². The molecule has 2 fully saturated rings. The zero-order valence-corrected chi connectivity index (χ0v) is 14.8. The fourth-order valence-corrected chi connectivity index (χ4v) is 3.72. The van der Waals surface area contributed by atoms with Gasteiger partial charge < -0.3 is 5.32 Å². The minimum Gasteiger partial charge on any atom is -0.358 e. The van der Waals surface area contributed by atoms with Gasteiger partial charge in [0.25, 0.3) is 5.91 Å². The van der Waals surface area contributed by atoms with Gasteiger partial charge in [0.2, 0.25) is 0 Å². The number of thiocarbonyl (C=S) groups is 1. The lowest BCUT2D eigenvalue weighted by Crippen LogP contribution is -2.51. The number of benzene rings is 1. The van der Waals surface area contributed by atoms with Crippen LogP contribution in [0.1, 0.15) is 42.5 Å². The molecule has 1 aromatic rings. The van der Waals surface area contributed by atoms with Crippen molar-refractivity contribution in [3.8, 4) is 0 Å². The maximum atomic E-state index is 12.7. The molecule has 0 spiro atoms. The summed E-state index contributed by atoms with van der Waals surface area (Å²) in [5.41, 5.74) is 0.693. The highest BCUT2D eigenvalue weighted by Gasteiger charge is 2.30. The summed E-state index contributed by atoms with van der Waals surface area (Å²) in [5.74, 6) is 0.0144. The molecule has 0 atom stereocenters. The third kappa shape index (κ3) is 3.43. The van der Waals surface area contributed by atoms with E-state index in [2.05, 4.69) is 21.2 Å². The Hall–Kier alpha value is -1.14. The molecule has 1 aliphatic heterocycles. The van der Waals surface area contributed by atoms with Crippen LogP contribution in [-0.2, 0) is 0 Å². The highest BCUT2D eigenvalue weighted by molar-refractivity contribution is 9.10. The molecule has 1 aromatic carbocycles. The fraction of sp³-hybridized carbons (Fsp3) is 0.500. The first-order valence-electron chi connectivity index (χ1n) is 7.80. The highest BCUT2D eigenvalue weighted by Crippen LogP contribution is 2.20. The summed E-state index contributed by atoms with van der Waals surface area (Å²) >= 11 is 8.93. The molecule has 2 aliphatic rings. The maximum Gasteiger partial charge on any atom is 0.272 e. The van der Waals surface area contributed by atoms with E-state index in [1.807, 2.05) is 29.3 Å². The number of hydrogen-bond donors (Lipinski definition) is 1. The molecule has 1 saturated carbocycles. The van der Waals surface area contributed by atoms with Crippen LogP contribution < -0.4 is 5.32 Å². The molecule has 4 nitrogen and oxygen atoms in total. The maximum absolute atomic E-state index is 12.7. The van der Waals surface area contributed by atoms with E-state index in [4.69, 9.17) is 12.2 Å². The zero-order chi connectivity index (χ0) is 15.5. The summed E-state index contributed by atoms with van der Waals surface area (Å²) in [5, 5.41) is 7.81. The molecule has 1 N–H and O–H groups in total. The lowest BCUT2D eigenvalue weighted by molar-refractivity contribution is 0.0489. The van der Waals surface area contributed by atoms with Crippen LogP contribution in [0.25, 0.3) is 0 Å². The van der Waals surface area contributed by atoms with Crippen LogP contribution in [0.15, 0.2) is 28.7 Å². The smallest absolute Gasteiger partial charge is 0.272 e. The standard InChI is InChI=1S/C16H20BrN3OS/c17-13-8-6-12(7-9-13)15(21)19-10-3-11-20(19)16(22)18-14-4-1-2-5-14/h6-9,14H,1-5,10-11H2,(H,18,22). The van der Waals surface area contributed by atoms with Crippen LogP contribution in [-0.4, -0.2) is 40.2 Å². The van der Waals surface area contributed by atoms with Crippen molar-refractivity contribution in [2.75, 3.05) is 13.1 Å². The van der Waals surface area contributed by atoms with E-state index in [1.54, 1.807) is 5.01 Å². The van der Waals surface area contributed by atoms with E-state index in [1.165, 1.54) is 25.7 Å². The molecule has 1 aliphatic carbocycles. The predicted octanol–water partition coefficient (Wildman–Crippen LogP) is 3.33. The molecule has 6 heteroatoms. The summed E-state index contributed by atoms with van der Waals surface area (Å²) in [6.45, 7) is 1.53. The van der Waals surface area contributed by atoms with Crippen LogP contribution >= 0.6 is 28.1 Å². The minimum atomic E-state index is 0.0144. The van der Waals surface area contributed by atoms with Crippen molar-refractivity contribution >= 4 is 39.2 Å². The normalized spacial score (nSPS) is 18.8. The third-order valence-electron chi connectivity index (χ3n) is 4.27. The highest BCUT2D eigenvalue weighted by atomic mass is 79.9. The monoisotopic (exact) mass is 381 g/mol. The van der Waals surface area contributed by atoms with Crippen LogP contribution in [0, 0.1) is 0 Å². The number of rotatable bonds is 2. The molecule has 3 rings (SSSR count). The average molecular weight is 382 g/mol. The first kappa shape index (κ1) is 15.7. The Balaban J connectivity index is 1.67. The first-order chi connectivity index (χ1) is 10.6. The molecule has 118 valence electrons. The number of hydrogen-bond acceptors (Lipinski definition) is 2. The van der Waals surface area contributed by atoms with Crippen LogP contribution in [0.4, 0.5) is 0 Å². The van der Waals surface area contributed by atoms with Crippen molar-refractivity contribution in [2.24, 2.45) is 0 Å².